The number of aliphatic imine (C=N–C) groups is 1. The zero-order valence-corrected chi connectivity index (χ0v) is 9.62. The van der Waals surface area contributed by atoms with E-state index in [0.29, 0.717) is 6.54 Å². The molecule has 0 aliphatic carbocycles. The summed E-state index contributed by atoms with van der Waals surface area (Å²) in [6.07, 6.45) is 0. The molecule has 0 saturated carbocycles. The van der Waals surface area contributed by atoms with Crippen LogP contribution in [-0.4, -0.2) is 5.84 Å². The molecule has 4 heteroatoms. The van der Waals surface area contributed by atoms with E-state index in [-0.39, 0.29) is 0 Å². The van der Waals surface area contributed by atoms with Crippen molar-refractivity contribution in [3.05, 3.63) is 35.9 Å². The van der Waals surface area contributed by atoms with E-state index in [4.69, 9.17) is 5.84 Å². The molecule has 1 aromatic carbocycles. The first-order chi connectivity index (χ1) is 7.33. The third-order valence-corrected chi connectivity index (χ3v) is 1.59. The maximum absolute atomic E-state index is 5.06. The van der Waals surface area contributed by atoms with Gasteiger partial charge >= 0.3 is 0 Å². The van der Waals surface area contributed by atoms with Gasteiger partial charge in [0.1, 0.15) is 5.84 Å². The molecule has 0 heterocycles. The Hall–Kier alpha value is -1.39. The molecular formula is C11H20N4. The third kappa shape index (κ3) is 6.65. The molecule has 0 aliphatic rings. The van der Waals surface area contributed by atoms with E-state index in [1.165, 1.54) is 5.56 Å². The summed E-state index contributed by atoms with van der Waals surface area (Å²) in [5.74, 6) is 5.83. The Morgan fingerprint density at radius 3 is 2.40 bits per heavy atom. The molecule has 1 rings (SSSR count). The van der Waals surface area contributed by atoms with Gasteiger partial charge in [-0.3, -0.25) is 16.3 Å². The molecule has 84 valence electrons. The van der Waals surface area contributed by atoms with Crippen LogP contribution in [0.25, 0.3) is 0 Å². The normalized spacial score (nSPS) is 10.3. The first-order valence-electron chi connectivity index (χ1n) is 5.09. The summed E-state index contributed by atoms with van der Waals surface area (Å²) < 4.78 is 0. The van der Waals surface area contributed by atoms with E-state index >= 15 is 0 Å². The predicted octanol–water partition coefficient (Wildman–Crippen LogP) is 1.60. The minimum absolute atomic E-state index is 0.668. The van der Waals surface area contributed by atoms with Gasteiger partial charge in [0.05, 0.1) is 6.54 Å². The highest BCUT2D eigenvalue weighted by atomic mass is 15.5. The van der Waals surface area contributed by atoms with Gasteiger partial charge in [0.15, 0.2) is 0 Å². The number of nitrogens with two attached hydrogens (primary N) is 1. The largest absolute Gasteiger partial charge is 0.296 e. The van der Waals surface area contributed by atoms with Crippen LogP contribution in [0.3, 0.4) is 0 Å². The van der Waals surface area contributed by atoms with Crippen LogP contribution < -0.4 is 16.8 Å². The summed E-state index contributed by atoms with van der Waals surface area (Å²) >= 11 is 0. The molecule has 0 atom stereocenters. The Kier molecular flexibility index (Phi) is 8.33. The topological polar surface area (TPSA) is 62.4 Å². The summed E-state index contributed by atoms with van der Waals surface area (Å²) in [5.41, 5.74) is 6.20. The average Bonchev–Trinajstić information content (AvgIpc) is 2.31. The van der Waals surface area contributed by atoms with Gasteiger partial charge in [0.2, 0.25) is 0 Å². The van der Waals surface area contributed by atoms with Crippen LogP contribution in [0.1, 0.15) is 26.3 Å². The molecular weight excluding hydrogens is 188 g/mol. The molecule has 0 unspecified atom stereocenters. The average molecular weight is 208 g/mol. The van der Waals surface area contributed by atoms with Crippen LogP contribution in [-0.2, 0) is 6.54 Å². The van der Waals surface area contributed by atoms with Crippen molar-refractivity contribution in [2.75, 3.05) is 0 Å². The van der Waals surface area contributed by atoms with Gasteiger partial charge in [-0.15, -0.1) is 0 Å². The van der Waals surface area contributed by atoms with Crippen LogP contribution in [0.5, 0.6) is 0 Å². The fourth-order valence-corrected chi connectivity index (χ4v) is 0.937. The molecule has 4 nitrogen and oxygen atoms in total. The van der Waals surface area contributed by atoms with Gasteiger partial charge in [0, 0.05) is 0 Å². The number of hydrogen-bond acceptors (Lipinski definition) is 3. The number of hydrazine groups is 2. The predicted molar refractivity (Wildman–Crippen MR) is 65.1 cm³/mol. The maximum atomic E-state index is 5.06. The van der Waals surface area contributed by atoms with Gasteiger partial charge in [-0.25, -0.2) is 0 Å². The SMILES string of the molecule is CC.CC(=NCc1ccccc1)NNN. The smallest absolute Gasteiger partial charge is 0.109 e. The molecule has 0 bridgehead atoms. The van der Waals surface area contributed by atoms with Crippen molar-refractivity contribution in [1.29, 1.82) is 0 Å². The first-order valence-corrected chi connectivity index (χ1v) is 5.09. The maximum Gasteiger partial charge on any atom is 0.109 e. The number of hydrogen-bond donors (Lipinski definition) is 3. The Morgan fingerprint density at radius 1 is 1.27 bits per heavy atom. The highest BCUT2D eigenvalue weighted by Crippen LogP contribution is 1.99. The molecule has 0 aliphatic heterocycles. The summed E-state index contributed by atoms with van der Waals surface area (Å²) in [6, 6.07) is 10.0. The minimum Gasteiger partial charge on any atom is -0.296 e. The molecule has 1 aromatic rings. The van der Waals surface area contributed by atoms with Crippen molar-refractivity contribution in [3.63, 3.8) is 0 Å². The van der Waals surface area contributed by atoms with E-state index in [0.717, 1.165) is 5.84 Å². The van der Waals surface area contributed by atoms with Crippen LogP contribution in [0.2, 0.25) is 0 Å². The molecule has 0 amide bonds. The van der Waals surface area contributed by atoms with Gasteiger partial charge in [-0.05, 0) is 12.5 Å². The van der Waals surface area contributed by atoms with Crippen molar-refractivity contribution >= 4 is 5.84 Å². The Labute approximate surface area is 91.5 Å². The molecule has 0 radical (unpaired) electrons. The molecule has 15 heavy (non-hydrogen) atoms. The monoisotopic (exact) mass is 208 g/mol. The first kappa shape index (κ1) is 13.6. The summed E-state index contributed by atoms with van der Waals surface area (Å²) in [5, 5.41) is 0. The molecule has 0 saturated heterocycles. The number of amidine groups is 1. The van der Waals surface area contributed by atoms with Crippen LogP contribution in [0.4, 0.5) is 0 Å². The van der Waals surface area contributed by atoms with Crippen LogP contribution in [0, 0.1) is 0 Å². The molecule has 0 fully saturated rings. The fraction of sp³-hybridized carbons (Fsp3) is 0.364. The highest BCUT2D eigenvalue weighted by Gasteiger charge is 1.89. The number of benzene rings is 1. The summed E-state index contributed by atoms with van der Waals surface area (Å²) in [7, 11) is 0. The van der Waals surface area contributed by atoms with Crippen molar-refractivity contribution < 1.29 is 0 Å². The van der Waals surface area contributed by atoms with Gasteiger partial charge in [-0.2, -0.15) is 5.53 Å². The van der Waals surface area contributed by atoms with Crippen LogP contribution in [0.15, 0.2) is 35.3 Å². The molecule has 0 spiro atoms. The van der Waals surface area contributed by atoms with E-state index in [9.17, 15) is 0 Å². The molecule has 4 N–H and O–H groups in total. The second-order valence-electron chi connectivity index (χ2n) is 2.66. The highest BCUT2D eigenvalue weighted by molar-refractivity contribution is 5.78. The standard InChI is InChI=1S/C9H14N4.C2H6/c1-8(12-13-10)11-7-9-5-3-2-4-6-9;1-2/h2-6,13H,7,10H2,1H3,(H,11,12);1-2H3. The number of rotatable bonds is 3. The summed E-state index contributed by atoms with van der Waals surface area (Å²) in [6.45, 7) is 6.52. The Morgan fingerprint density at radius 2 is 1.87 bits per heavy atom. The van der Waals surface area contributed by atoms with E-state index < -0.39 is 0 Å². The lowest BCUT2D eigenvalue weighted by atomic mass is 10.2. The third-order valence-electron chi connectivity index (χ3n) is 1.59. The van der Waals surface area contributed by atoms with E-state index in [1.54, 1.807) is 0 Å². The van der Waals surface area contributed by atoms with Gasteiger partial charge in [-0.1, -0.05) is 44.2 Å². The lowest BCUT2D eigenvalue weighted by Gasteiger charge is -2.02. The second kappa shape index (κ2) is 9.18. The van der Waals surface area contributed by atoms with Gasteiger partial charge in [0.25, 0.3) is 0 Å². The quantitative estimate of drug-likeness (QED) is 0.306. The van der Waals surface area contributed by atoms with Gasteiger partial charge < -0.3 is 0 Å². The lowest BCUT2D eigenvalue weighted by Crippen LogP contribution is -2.40. The Bertz CT molecular complexity index is 269. The lowest BCUT2D eigenvalue weighted by molar-refractivity contribution is 0.689. The fourth-order valence-electron chi connectivity index (χ4n) is 0.937. The summed E-state index contributed by atoms with van der Waals surface area (Å²) in [4.78, 5) is 4.25. The van der Waals surface area contributed by atoms with E-state index in [2.05, 4.69) is 16.0 Å². The van der Waals surface area contributed by atoms with Crippen molar-refractivity contribution in [1.82, 2.24) is 11.0 Å². The number of nitrogens with one attached hydrogen (secondary N) is 2. The zero-order valence-electron chi connectivity index (χ0n) is 9.62. The minimum atomic E-state index is 0.668. The van der Waals surface area contributed by atoms with Crippen molar-refractivity contribution in [2.45, 2.75) is 27.3 Å². The molecule has 0 aromatic heterocycles. The second-order valence-corrected chi connectivity index (χ2v) is 2.66. The van der Waals surface area contributed by atoms with Crippen molar-refractivity contribution in [3.8, 4) is 0 Å². The van der Waals surface area contributed by atoms with E-state index in [1.807, 2.05) is 51.1 Å². The number of nitrogens with zero attached hydrogens (tertiary/aromatic N) is 1. The zero-order chi connectivity index (χ0) is 11.5. The van der Waals surface area contributed by atoms with Crippen LogP contribution >= 0.6 is 0 Å². The Balaban J connectivity index is 0.000000921. The van der Waals surface area contributed by atoms with Crippen molar-refractivity contribution in [2.24, 2.45) is 10.8 Å².